The van der Waals surface area contributed by atoms with E-state index >= 15 is 8.78 Å². The number of carbonyl (C=O) groups excluding carboxylic acids is 3. The third-order valence-corrected chi connectivity index (χ3v) is 18.2. The number of piperidine rings is 2. The molecule has 0 spiro atoms. The van der Waals surface area contributed by atoms with Crippen LogP contribution in [0.3, 0.4) is 0 Å². The first-order valence-electron chi connectivity index (χ1n) is 29.7. The van der Waals surface area contributed by atoms with Crippen molar-refractivity contribution in [2.75, 3.05) is 89.6 Å². The predicted molar refractivity (Wildman–Crippen MR) is 310 cm³/mol. The number of hydrogen-bond acceptors (Lipinski definition) is 14. The van der Waals surface area contributed by atoms with Crippen LogP contribution in [0.15, 0.2) is 42.5 Å². The van der Waals surface area contributed by atoms with Gasteiger partial charge in [0.15, 0.2) is 5.82 Å². The minimum absolute atomic E-state index is 0.0143. The van der Waals surface area contributed by atoms with Gasteiger partial charge in [0.25, 0.3) is 0 Å². The number of nitrogens with zero attached hydrogens (tertiary/aromatic N) is 9. The van der Waals surface area contributed by atoms with E-state index in [9.17, 15) is 19.5 Å². The summed E-state index contributed by atoms with van der Waals surface area (Å²) < 4.78 is 51.1. The fourth-order valence-corrected chi connectivity index (χ4v) is 14.0. The zero-order valence-corrected chi connectivity index (χ0v) is 48.1. The van der Waals surface area contributed by atoms with Gasteiger partial charge in [0.05, 0.1) is 53.5 Å². The van der Waals surface area contributed by atoms with Crippen LogP contribution >= 0.6 is 0 Å². The number of aldehydes is 1. The highest BCUT2D eigenvalue weighted by Gasteiger charge is 2.45. The minimum atomic E-state index is -0.624. The summed E-state index contributed by atoms with van der Waals surface area (Å²) in [5.41, 5.74) is 4.58. The molecule has 2 atom stereocenters. The SMILES string of the molecule is CC.CCc1c(F)ccc2cc(O)cc(-c3nc4c5c(nc(OCC67CCCN6CCC7)nc5c3F)N3CCCOCC3CC4)c12.CNC(=O)C(CCC=O)c1nn(C)c2cc(N3CCC(C4CCN(C(=O)OC)CC4)CC3)ccc12. The number of aromatic hydroxyl groups is 1. The number of methoxy groups -OCH3 is 1. The Morgan fingerprint density at radius 3 is 2.36 bits per heavy atom. The van der Waals surface area contributed by atoms with Crippen LogP contribution in [-0.2, 0) is 39.0 Å². The molecule has 12 rings (SSSR count). The summed E-state index contributed by atoms with van der Waals surface area (Å²) in [6.45, 7) is 14.0. The van der Waals surface area contributed by atoms with Gasteiger partial charge >= 0.3 is 12.1 Å². The number of phenolic OH excluding ortho intramolecular Hbond substituents is 1. The molecule has 5 fully saturated rings. The maximum atomic E-state index is 17.0. The van der Waals surface area contributed by atoms with Crippen molar-refractivity contribution in [2.24, 2.45) is 18.9 Å². The Morgan fingerprint density at radius 2 is 1.65 bits per heavy atom. The first-order valence-corrected chi connectivity index (χ1v) is 29.7. The highest BCUT2D eigenvalue weighted by molar-refractivity contribution is 6.02. The Bertz CT molecular complexity index is 3240. The minimum Gasteiger partial charge on any atom is -0.508 e. The third kappa shape index (κ3) is 11.5. The molecule has 9 heterocycles. The van der Waals surface area contributed by atoms with Gasteiger partial charge in [0, 0.05) is 76.5 Å². The van der Waals surface area contributed by atoms with E-state index in [-0.39, 0.29) is 52.4 Å². The fraction of sp³-hybridized carbons (Fsp3) is 0.565. The second-order valence-corrected chi connectivity index (χ2v) is 22.5. The van der Waals surface area contributed by atoms with Gasteiger partial charge in [-0.05, 0) is 161 Å². The van der Waals surface area contributed by atoms with E-state index in [4.69, 9.17) is 29.2 Å². The van der Waals surface area contributed by atoms with E-state index in [1.807, 2.05) is 37.4 Å². The highest BCUT2D eigenvalue weighted by atomic mass is 19.1. The van der Waals surface area contributed by atoms with Gasteiger partial charge in [0.1, 0.15) is 41.5 Å². The number of ether oxygens (including phenoxy) is 3. The number of benzene rings is 3. The Hall–Kier alpha value is -6.73. The van der Waals surface area contributed by atoms with Crippen molar-refractivity contribution in [1.82, 2.24) is 39.8 Å². The van der Waals surface area contributed by atoms with Crippen molar-refractivity contribution in [3.05, 3.63) is 71.1 Å². The topological polar surface area (TPSA) is 181 Å². The highest BCUT2D eigenvalue weighted by Crippen LogP contribution is 2.44. The lowest BCUT2D eigenvalue weighted by molar-refractivity contribution is -0.122. The summed E-state index contributed by atoms with van der Waals surface area (Å²) in [4.78, 5) is 58.8. The normalized spacial score (nSPS) is 19.7. The van der Waals surface area contributed by atoms with Crippen LogP contribution in [0.1, 0.15) is 121 Å². The molecule has 6 aliphatic rings. The summed E-state index contributed by atoms with van der Waals surface area (Å²) in [5.74, 6) is 0.421. The van der Waals surface area contributed by atoms with Crippen molar-refractivity contribution < 1.29 is 42.5 Å². The van der Waals surface area contributed by atoms with Crippen molar-refractivity contribution in [3.63, 3.8) is 0 Å². The Morgan fingerprint density at radius 1 is 0.914 bits per heavy atom. The molecule has 0 bridgehead atoms. The number of anilines is 2. The van der Waals surface area contributed by atoms with Crippen LogP contribution in [0, 0.1) is 23.5 Å². The van der Waals surface area contributed by atoms with Gasteiger partial charge in [-0.15, -0.1) is 0 Å². The molecule has 2 N–H and O–H groups in total. The number of likely N-dealkylation sites (N-methyl/N-ethyl adjacent to an activating group) is 1. The molecule has 17 nitrogen and oxygen atoms in total. The average molecular weight is 1120 g/mol. The molecule has 0 saturated carbocycles. The molecule has 5 saturated heterocycles. The number of aromatic nitrogens is 5. The number of rotatable bonds is 12. The molecule has 0 aliphatic carbocycles. The molecule has 81 heavy (non-hydrogen) atoms. The average Bonchev–Trinajstić information content (AvgIpc) is 4.07. The van der Waals surface area contributed by atoms with Gasteiger partial charge < -0.3 is 44.1 Å². The van der Waals surface area contributed by atoms with Crippen molar-refractivity contribution in [1.29, 1.82) is 0 Å². The summed E-state index contributed by atoms with van der Waals surface area (Å²) in [5, 5.41) is 20.8. The maximum absolute atomic E-state index is 17.0. The lowest BCUT2D eigenvalue weighted by Crippen LogP contribution is -2.43. The molecule has 2 amide bonds. The zero-order chi connectivity index (χ0) is 57.0. The van der Waals surface area contributed by atoms with Crippen molar-refractivity contribution >= 4 is 62.4 Å². The number of hydrogen-bond donors (Lipinski definition) is 2. The Kier molecular flexibility index (Phi) is 17.9. The van der Waals surface area contributed by atoms with Crippen LogP contribution in [-0.4, -0.2) is 149 Å². The maximum Gasteiger partial charge on any atom is 0.409 e. The number of amides is 2. The number of halogens is 2. The monoisotopic (exact) mass is 1110 g/mol. The number of fused-ring (bicyclic) bond motifs is 5. The zero-order valence-electron chi connectivity index (χ0n) is 48.1. The molecule has 434 valence electrons. The van der Waals surface area contributed by atoms with E-state index in [2.05, 4.69) is 43.3 Å². The smallest absolute Gasteiger partial charge is 0.409 e. The van der Waals surface area contributed by atoms with Gasteiger partial charge in [-0.2, -0.15) is 15.1 Å². The molecule has 6 aromatic rings. The number of phenols is 1. The summed E-state index contributed by atoms with van der Waals surface area (Å²) in [7, 11) is 4.97. The number of aryl methyl sites for hydroxylation is 3. The Labute approximate surface area is 473 Å². The summed E-state index contributed by atoms with van der Waals surface area (Å²) in [6, 6.07) is 12.7. The van der Waals surface area contributed by atoms with Crippen LogP contribution in [0.25, 0.3) is 43.8 Å². The quantitative estimate of drug-likeness (QED) is 0.111. The molecule has 3 aromatic heterocycles. The molecular weight excluding hydrogens is 1030 g/mol. The second-order valence-electron chi connectivity index (χ2n) is 22.5. The van der Waals surface area contributed by atoms with E-state index in [1.54, 1.807) is 19.2 Å². The predicted octanol–water partition coefficient (Wildman–Crippen LogP) is 10.0. The Balaban J connectivity index is 0.000000181. The first kappa shape index (κ1) is 57.5. The molecule has 6 aliphatic heterocycles. The van der Waals surface area contributed by atoms with Crippen molar-refractivity contribution in [2.45, 2.75) is 128 Å². The fourth-order valence-electron chi connectivity index (χ4n) is 14.0. The first-order chi connectivity index (χ1) is 39.4. The van der Waals surface area contributed by atoms with Gasteiger partial charge in [0.2, 0.25) is 5.91 Å². The summed E-state index contributed by atoms with van der Waals surface area (Å²) >= 11 is 0. The number of carbonyl (C=O) groups is 3. The van der Waals surface area contributed by atoms with Crippen LogP contribution in [0.4, 0.5) is 25.1 Å². The molecule has 0 radical (unpaired) electrons. The van der Waals surface area contributed by atoms with E-state index < -0.39 is 11.7 Å². The van der Waals surface area contributed by atoms with E-state index in [1.165, 1.54) is 24.9 Å². The van der Waals surface area contributed by atoms with E-state index in [0.29, 0.717) is 96.1 Å². The van der Waals surface area contributed by atoms with Gasteiger partial charge in [-0.25, -0.2) is 18.6 Å². The van der Waals surface area contributed by atoms with Gasteiger partial charge in [-0.3, -0.25) is 14.4 Å². The largest absolute Gasteiger partial charge is 0.508 e. The van der Waals surface area contributed by atoms with Crippen LogP contribution < -0.4 is 19.9 Å². The second kappa shape index (κ2) is 25.2. The number of pyridine rings is 1. The molecule has 19 heteroatoms. The number of nitrogens with one attached hydrogen (secondary N) is 1. The van der Waals surface area contributed by atoms with Crippen LogP contribution in [0.5, 0.6) is 11.8 Å². The molecule has 2 unspecified atom stereocenters. The summed E-state index contributed by atoms with van der Waals surface area (Å²) in [6.07, 6.45) is 12.9. The standard InChI is InChI=1S/C34H37F2N5O3.C26H37N5O4.C2H6/c1-2-23-25(35)8-6-20-16-22(42)17-24(27(20)23)30-29(36)31-28-26(37-30)9-7-21-18-43-15-5-14-41(21)32(28)39-33(38-31)44-19-34-10-3-12-40(34)13-4-11-34;1-27-25(33)22(5-4-16-32)24-21-7-6-20(17-23(21)29(2)28-24)30-12-8-18(9-13-30)19-10-14-31(15-11-19)26(34)35-3;1-2/h6,8,16-17,21,42H,2-5,7,9-15,18-19H2,1H3;6-7,16-19,22H,4-5,8-15H2,1-3H3,(H,27,33);1-2H3. The lowest BCUT2D eigenvalue weighted by atomic mass is 9.79. The third-order valence-electron chi connectivity index (χ3n) is 18.2. The van der Waals surface area contributed by atoms with Crippen molar-refractivity contribution in [3.8, 4) is 23.0 Å². The molecular formula is C62H80F2N10O7. The van der Waals surface area contributed by atoms with E-state index in [0.717, 1.165) is 133 Å². The lowest BCUT2D eigenvalue weighted by Gasteiger charge is -2.40. The van der Waals surface area contributed by atoms with Gasteiger partial charge in [-0.1, -0.05) is 26.8 Å². The molecule has 3 aromatic carbocycles. The number of likely N-dealkylation sites (tertiary alicyclic amines) is 1. The van der Waals surface area contributed by atoms with Crippen LogP contribution in [0.2, 0.25) is 0 Å².